The molecule has 0 bridgehead atoms. The molecule has 0 spiro atoms. The van der Waals surface area contributed by atoms with Crippen molar-refractivity contribution >= 4 is 5.82 Å². The lowest BCUT2D eigenvalue weighted by atomic mass is 10.0. The monoisotopic (exact) mass is 416 g/mol. The van der Waals surface area contributed by atoms with Crippen LogP contribution in [0, 0.1) is 0 Å². The number of ether oxygens (including phenoxy) is 3. The van der Waals surface area contributed by atoms with Crippen molar-refractivity contribution in [3.05, 3.63) is 29.8 Å². The highest BCUT2D eigenvalue weighted by Crippen LogP contribution is 2.30. The van der Waals surface area contributed by atoms with Crippen LogP contribution in [0.2, 0.25) is 0 Å². The van der Waals surface area contributed by atoms with Gasteiger partial charge >= 0.3 is 6.01 Å². The van der Waals surface area contributed by atoms with E-state index in [2.05, 4.69) is 32.3 Å². The fourth-order valence-corrected chi connectivity index (χ4v) is 3.56. The van der Waals surface area contributed by atoms with E-state index in [0.717, 1.165) is 44.0 Å². The van der Waals surface area contributed by atoms with Gasteiger partial charge in [-0.15, -0.1) is 0 Å². The Hall–Kier alpha value is -2.74. The van der Waals surface area contributed by atoms with E-state index < -0.39 is 0 Å². The van der Waals surface area contributed by atoms with Gasteiger partial charge < -0.3 is 24.6 Å². The van der Waals surface area contributed by atoms with Gasteiger partial charge in [-0.2, -0.15) is 9.97 Å². The van der Waals surface area contributed by atoms with E-state index in [1.54, 1.807) is 6.07 Å². The van der Waals surface area contributed by atoms with Gasteiger partial charge in [-0.1, -0.05) is 6.07 Å². The number of hydrogen-bond acceptors (Lipinski definition) is 8. The zero-order valence-electron chi connectivity index (χ0n) is 18.2. The van der Waals surface area contributed by atoms with E-state index in [1.165, 1.54) is 12.7 Å². The van der Waals surface area contributed by atoms with Crippen LogP contribution >= 0.6 is 0 Å². The molecule has 0 radical (unpaired) electrons. The van der Waals surface area contributed by atoms with Crippen LogP contribution in [-0.2, 0) is 6.54 Å². The molecule has 3 rings (SSSR count). The number of aromatic hydroxyl groups is 1. The molecule has 2 aromatic rings. The van der Waals surface area contributed by atoms with Crippen molar-refractivity contribution in [3.8, 4) is 23.4 Å². The van der Waals surface area contributed by atoms with E-state index in [1.807, 2.05) is 26.8 Å². The standard InChI is InChI=1S/C22H32N4O4/c1-5-29-19-12-16(6-7-18(19)30-15(2)3)14-26-10-8-17(9-11-26)23-20-13-21(28-4)25-22(27)24-20/h6-7,12-13,15,17H,5,8-11,14H2,1-4H3,(H2,23,24,25,27). The van der Waals surface area contributed by atoms with Gasteiger partial charge in [0, 0.05) is 31.7 Å². The molecule has 30 heavy (non-hydrogen) atoms. The van der Waals surface area contributed by atoms with E-state index in [4.69, 9.17) is 14.2 Å². The minimum atomic E-state index is -0.288. The van der Waals surface area contributed by atoms with Crippen molar-refractivity contribution in [2.45, 2.75) is 52.3 Å². The number of nitrogens with zero attached hydrogens (tertiary/aromatic N) is 3. The van der Waals surface area contributed by atoms with Crippen LogP contribution in [0.1, 0.15) is 39.2 Å². The van der Waals surface area contributed by atoms with Crippen molar-refractivity contribution < 1.29 is 19.3 Å². The summed E-state index contributed by atoms with van der Waals surface area (Å²) in [5.74, 6) is 2.53. The summed E-state index contributed by atoms with van der Waals surface area (Å²) in [5.41, 5.74) is 1.21. The average Bonchev–Trinajstić information content (AvgIpc) is 2.71. The summed E-state index contributed by atoms with van der Waals surface area (Å²) < 4.78 is 16.7. The van der Waals surface area contributed by atoms with Crippen LogP contribution in [0.3, 0.4) is 0 Å². The lowest BCUT2D eigenvalue weighted by Gasteiger charge is -2.32. The molecule has 1 fully saturated rings. The largest absolute Gasteiger partial charge is 0.490 e. The smallest absolute Gasteiger partial charge is 0.319 e. The summed E-state index contributed by atoms with van der Waals surface area (Å²) in [6, 6.07) is 7.90. The maximum atomic E-state index is 9.62. The summed E-state index contributed by atoms with van der Waals surface area (Å²) in [5, 5.41) is 13.0. The second-order valence-corrected chi connectivity index (χ2v) is 7.67. The first-order valence-electron chi connectivity index (χ1n) is 10.5. The molecule has 0 amide bonds. The van der Waals surface area contributed by atoms with Crippen LogP contribution in [0.15, 0.2) is 24.3 Å². The molecule has 0 unspecified atom stereocenters. The van der Waals surface area contributed by atoms with Gasteiger partial charge in [-0.05, 0) is 51.3 Å². The number of methoxy groups -OCH3 is 1. The van der Waals surface area contributed by atoms with Crippen molar-refractivity contribution in [2.24, 2.45) is 0 Å². The van der Waals surface area contributed by atoms with Gasteiger partial charge in [0.2, 0.25) is 5.88 Å². The third kappa shape index (κ3) is 6.13. The Morgan fingerprint density at radius 1 is 1.17 bits per heavy atom. The Kier molecular flexibility index (Phi) is 7.57. The summed E-state index contributed by atoms with van der Waals surface area (Å²) in [4.78, 5) is 10.3. The SMILES string of the molecule is CCOc1cc(CN2CCC(Nc3cc(OC)nc(O)n3)CC2)ccc1OC(C)C. The number of nitrogens with one attached hydrogen (secondary N) is 1. The molecular weight excluding hydrogens is 384 g/mol. The molecule has 2 N–H and O–H groups in total. The third-order valence-corrected chi connectivity index (χ3v) is 4.92. The zero-order valence-corrected chi connectivity index (χ0v) is 18.2. The second-order valence-electron chi connectivity index (χ2n) is 7.67. The molecule has 0 aliphatic carbocycles. The molecule has 1 aromatic heterocycles. The summed E-state index contributed by atoms with van der Waals surface area (Å²) in [6.07, 6.45) is 2.08. The summed E-state index contributed by atoms with van der Waals surface area (Å²) >= 11 is 0. The highest BCUT2D eigenvalue weighted by Gasteiger charge is 2.20. The van der Waals surface area contributed by atoms with Crippen LogP contribution in [0.4, 0.5) is 5.82 Å². The van der Waals surface area contributed by atoms with Crippen molar-refractivity contribution in [3.63, 3.8) is 0 Å². The summed E-state index contributed by atoms with van der Waals surface area (Å²) in [6.45, 7) is 9.44. The van der Waals surface area contributed by atoms with Crippen LogP contribution in [0.5, 0.6) is 23.4 Å². The number of aromatic nitrogens is 2. The van der Waals surface area contributed by atoms with Crippen molar-refractivity contribution in [1.29, 1.82) is 0 Å². The quantitative estimate of drug-likeness (QED) is 0.643. The van der Waals surface area contributed by atoms with Crippen molar-refractivity contribution in [2.75, 3.05) is 32.1 Å². The Balaban J connectivity index is 1.55. The van der Waals surface area contributed by atoms with E-state index in [-0.39, 0.29) is 12.1 Å². The fraction of sp³-hybridized carbons (Fsp3) is 0.545. The number of likely N-dealkylation sites (tertiary alicyclic amines) is 1. The molecule has 0 saturated carbocycles. The van der Waals surface area contributed by atoms with Crippen LogP contribution < -0.4 is 19.5 Å². The predicted octanol–water partition coefficient (Wildman–Crippen LogP) is 3.45. The minimum Gasteiger partial charge on any atom is -0.490 e. The Morgan fingerprint density at radius 3 is 2.60 bits per heavy atom. The number of rotatable bonds is 9. The minimum absolute atomic E-state index is 0.110. The normalized spacial score (nSPS) is 15.2. The van der Waals surface area contributed by atoms with E-state index in [0.29, 0.717) is 24.3 Å². The third-order valence-electron chi connectivity index (χ3n) is 4.92. The highest BCUT2D eigenvalue weighted by atomic mass is 16.5. The molecular formula is C22H32N4O4. The second kappa shape index (κ2) is 10.3. The van der Waals surface area contributed by atoms with Gasteiger partial charge in [0.25, 0.3) is 0 Å². The molecule has 1 aliphatic heterocycles. The first-order valence-corrected chi connectivity index (χ1v) is 10.5. The molecule has 1 aromatic carbocycles. The molecule has 1 aliphatic rings. The maximum absolute atomic E-state index is 9.62. The zero-order chi connectivity index (χ0) is 21.5. The Morgan fingerprint density at radius 2 is 1.93 bits per heavy atom. The van der Waals surface area contributed by atoms with Crippen LogP contribution in [-0.4, -0.2) is 58.9 Å². The molecule has 164 valence electrons. The van der Waals surface area contributed by atoms with Gasteiger partial charge in [-0.3, -0.25) is 4.90 Å². The molecule has 8 heteroatoms. The predicted molar refractivity (Wildman–Crippen MR) is 116 cm³/mol. The lowest BCUT2D eigenvalue weighted by molar-refractivity contribution is 0.209. The van der Waals surface area contributed by atoms with Crippen molar-refractivity contribution in [1.82, 2.24) is 14.9 Å². The van der Waals surface area contributed by atoms with Crippen LogP contribution in [0.25, 0.3) is 0 Å². The number of benzene rings is 1. The van der Waals surface area contributed by atoms with Gasteiger partial charge in [0.05, 0.1) is 19.8 Å². The Bertz CT molecular complexity index is 823. The molecule has 2 heterocycles. The lowest BCUT2D eigenvalue weighted by Crippen LogP contribution is -2.38. The molecule has 1 saturated heterocycles. The fourth-order valence-electron chi connectivity index (χ4n) is 3.56. The highest BCUT2D eigenvalue weighted by molar-refractivity contribution is 5.43. The number of hydrogen-bond donors (Lipinski definition) is 2. The van der Waals surface area contributed by atoms with E-state index >= 15 is 0 Å². The van der Waals surface area contributed by atoms with Gasteiger partial charge in [0.1, 0.15) is 5.82 Å². The van der Waals surface area contributed by atoms with E-state index in [9.17, 15) is 5.11 Å². The average molecular weight is 417 g/mol. The maximum Gasteiger partial charge on any atom is 0.319 e. The Labute approximate surface area is 178 Å². The first kappa shape index (κ1) is 22.0. The van der Waals surface area contributed by atoms with Gasteiger partial charge in [-0.25, -0.2) is 0 Å². The first-order chi connectivity index (χ1) is 14.5. The molecule has 8 nitrogen and oxygen atoms in total. The number of piperidine rings is 1. The van der Waals surface area contributed by atoms with Gasteiger partial charge in [0.15, 0.2) is 11.5 Å². The topological polar surface area (TPSA) is 89.0 Å². The number of anilines is 1. The summed E-state index contributed by atoms with van der Waals surface area (Å²) in [7, 11) is 1.52. The molecule has 0 atom stereocenters.